The van der Waals surface area contributed by atoms with Gasteiger partial charge in [0.25, 0.3) is 5.91 Å². The number of aromatic nitrogens is 2. The predicted octanol–water partition coefficient (Wildman–Crippen LogP) is 6.78. The fraction of sp³-hybridized carbons (Fsp3) is 0.0690. The molecule has 4 heteroatoms. The maximum Gasteiger partial charge on any atom is 0.255 e. The highest BCUT2D eigenvalue weighted by atomic mass is 16.1. The summed E-state index contributed by atoms with van der Waals surface area (Å²) in [4.78, 5) is 22.8. The van der Waals surface area contributed by atoms with Crippen LogP contribution in [0.5, 0.6) is 0 Å². The van der Waals surface area contributed by atoms with Gasteiger partial charge in [-0.3, -0.25) is 4.79 Å². The largest absolute Gasteiger partial charge is 0.322 e. The molecule has 5 aromatic rings. The maximum absolute atomic E-state index is 12.9. The first-order valence-electron chi connectivity index (χ1n) is 11.0. The summed E-state index contributed by atoms with van der Waals surface area (Å²) in [6.07, 6.45) is 0.965. The van der Waals surface area contributed by atoms with Gasteiger partial charge in [-0.1, -0.05) is 79.7 Å². The number of nitrogens with zero attached hydrogens (tertiary/aromatic N) is 2. The number of hydrogen-bond acceptors (Lipinski definition) is 3. The molecule has 1 aromatic heterocycles. The second-order valence-corrected chi connectivity index (χ2v) is 7.86. The molecule has 5 rings (SSSR count). The normalized spacial score (nSPS) is 10.8. The van der Waals surface area contributed by atoms with E-state index in [1.807, 2.05) is 91.0 Å². The number of carbonyl (C=O) groups is 1. The number of benzene rings is 4. The van der Waals surface area contributed by atoms with E-state index in [9.17, 15) is 4.79 Å². The van der Waals surface area contributed by atoms with Crippen LogP contribution in [-0.4, -0.2) is 15.9 Å². The van der Waals surface area contributed by atoms with Gasteiger partial charge >= 0.3 is 0 Å². The van der Waals surface area contributed by atoms with E-state index in [2.05, 4.69) is 12.2 Å². The van der Waals surface area contributed by atoms with Gasteiger partial charge in [0.1, 0.15) is 0 Å². The maximum atomic E-state index is 12.9. The summed E-state index contributed by atoms with van der Waals surface area (Å²) in [7, 11) is 0. The molecule has 1 heterocycles. The molecule has 0 radical (unpaired) electrons. The molecular formula is C29H23N3O. The highest BCUT2D eigenvalue weighted by molar-refractivity contribution is 6.06. The summed E-state index contributed by atoms with van der Waals surface area (Å²) in [5.74, 6) is -0.170. The molecular weight excluding hydrogens is 406 g/mol. The molecule has 0 fully saturated rings. The lowest BCUT2D eigenvalue weighted by atomic mass is 10.0. The molecule has 0 aliphatic carbocycles. The van der Waals surface area contributed by atoms with Crippen molar-refractivity contribution in [3.05, 3.63) is 114 Å². The Morgan fingerprint density at radius 1 is 0.697 bits per heavy atom. The number of anilines is 1. The Morgan fingerprint density at radius 3 is 1.85 bits per heavy atom. The van der Waals surface area contributed by atoms with Gasteiger partial charge in [0.15, 0.2) is 0 Å². The SMILES string of the molecule is CCc1ccc(NC(=O)c2ccc3nc(-c4ccccc4)c(-c4ccccc4)nc3c2)cc1. The van der Waals surface area contributed by atoms with Crippen molar-refractivity contribution in [3.63, 3.8) is 0 Å². The van der Waals surface area contributed by atoms with Gasteiger partial charge in [0.2, 0.25) is 0 Å². The van der Waals surface area contributed by atoms with E-state index in [0.29, 0.717) is 11.1 Å². The molecule has 1 N–H and O–H groups in total. The predicted molar refractivity (Wildman–Crippen MR) is 134 cm³/mol. The highest BCUT2D eigenvalue weighted by Crippen LogP contribution is 2.31. The average Bonchev–Trinajstić information content (AvgIpc) is 2.89. The van der Waals surface area contributed by atoms with Crippen LogP contribution in [0.3, 0.4) is 0 Å². The molecule has 1 amide bonds. The van der Waals surface area contributed by atoms with Crippen molar-refractivity contribution in [1.29, 1.82) is 0 Å². The Balaban J connectivity index is 1.55. The van der Waals surface area contributed by atoms with Crippen LogP contribution in [0.4, 0.5) is 5.69 Å². The van der Waals surface area contributed by atoms with Crippen molar-refractivity contribution in [2.24, 2.45) is 0 Å². The molecule has 160 valence electrons. The van der Waals surface area contributed by atoms with Gasteiger partial charge in [-0.2, -0.15) is 0 Å². The number of fused-ring (bicyclic) bond motifs is 1. The molecule has 0 aliphatic rings. The molecule has 0 spiro atoms. The average molecular weight is 430 g/mol. The first-order valence-corrected chi connectivity index (χ1v) is 11.0. The Kier molecular flexibility index (Phi) is 5.64. The molecule has 0 aliphatic heterocycles. The Labute approximate surface area is 193 Å². The number of hydrogen-bond donors (Lipinski definition) is 1. The Hall–Kier alpha value is -4.31. The summed E-state index contributed by atoms with van der Waals surface area (Å²) in [5.41, 5.74) is 7.58. The van der Waals surface area contributed by atoms with E-state index < -0.39 is 0 Å². The van der Waals surface area contributed by atoms with Gasteiger partial charge in [0.05, 0.1) is 22.4 Å². The molecule has 33 heavy (non-hydrogen) atoms. The van der Waals surface area contributed by atoms with Crippen molar-refractivity contribution >= 4 is 22.6 Å². The number of nitrogens with one attached hydrogen (secondary N) is 1. The van der Waals surface area contributed by atoms with E-state index in [1.165, 1.54) is 5.56 Å². The van der Waals surface area contributed by atoms with Crippen molar-refractivity contribution in [2.45, 2.75) is 13.3 Å². The highest BCUT2D eigenvalue weighted by Gasteiger charge is 2.15. The summed E-state index contributed by atoms with van der Waals surface area (Å²) in [5, 5.41) is 2.97. The van der Waals surface area contributed by atoms with E-state index in [0.717, 1.165) is 40.1 Å². The quantitative estimate of drug-likeness (QED) is 0.335. The number of carbonyl (C=O) groups excluding carboxylic acids is 1. The minimum atomic E-state index is -0.170. The topological polar surface area (TPSA) is 54.9 Å². The molecule has 0 unspecified atom stereocenters. The van der Waals surface area contributed by atoms with E-state index in [1.54, 1.807) is 12.1 Å². The van der Waals surface area contributed by atoms with Gasteiger partial charge < -0.3 is 5.32 Å². The van der Waals surface area contributed by atoms with E-state index >= 15 is 0 Å². The van der Waals surface area contributed by atoms with Crippen LogP contribution in [-0.2, 0) is 6.42 Å². The fourth-order valence-electron chi connectivity index (χ4n) is 3.82. The number of rotatable bonds is 5. The van der Waals surface area contributed by atoms with Crippen molar-refractivity contribution in [3.8, 4) is 22.5 Å². The van der Waals surface area contributed by atoms with Crippen LogP contribution in [0.15, 0.2) is 103 Å². The van der Waals surface area contributed by atoms with Crippen LogP contribution in [0.2, 0.25) is 0 Å². The van der Waals surface area contributed by atoms with Crippen LogP contribution in [0.25, 0.3) is 33.5 Å². The van der Waals surface area contributed by atoms with E-state index in [4.69, 9.17) is 9.97 Å². The molecule has 0 saturated carbocycles. The zero-order valence-electron chi connectivity index (χ0n) is 18.3. The second-order valence-electron chi connectivity index (χ2n) is 7.86. The van der Waals surface area contributed by atoms with Gasteiger partial charge in [0, 0.05) is 22.4 Å². The third-order valence-corrected chi connectivity index (χ3v) is 5.64. The minimum Gasteiger partial charge on any atom is -0.322 e. The van der Waals surface area contributed by atoms with Crippen molar-refractivity contribution in [1.82, 2.24) is 9.97 Å². The van der Waals surface area contributed by atoms with Crippen molar-refractivity contribution < 1.29 is 4.79 Å². The first-order chi connectivity index (χ1) is 16.2. The molecule has 4 nitrogen and oxygen atoms in total. The molecule has 0 atom stereocenters. The van der Waals surface area contributed by atoms with Crippen molar-refractivity contribution in [2.75, 3.05) is 5.32 Å². The third kappa shape index (κ3) is 4.37. The molecule has 0 saturated heterocycles. The first kappa shape index (κ1) is 20.6. The van der Waals surface area contributed by atoms with E-state index in [-0.39, 0.29) is 5.91 Å². The third-order valence-electron chi connectivity index (χ3n) is 5.64. The molecule has 0 bridgehead atoms. The molecule has 4 aromatic carbocycles. The van der Waals surface area contributed by atoms with Crippen LogP contribution in [0.1, 0.15) is 22.8 Å². The van der Waals surface area contributed by atoms with Crippen LogP contribution in [0, 0.1) is 0 Å². The fourth-order valence-corrected chi connectivity index (χ4v) is 3.82. The summed E-state index contributed by atoms with van der Waals surface area (Å²) in [6.45, 7) is 2.11. The van der Waals surface area contributed by atoms with Crippen LogP contribution < -0.4 is 5.32 Å². The standard InChI is InChI=1S/C29H23N3O/c1-2-20-13-16-24(17-14-20)30-29(33)23-15-18-25-26(19-23)32-28(22-11-7-4-8-12-22)27(31-25)21-9-5-3-6-10-21/h3-19H,2H2,1H3,(H,30,33). The van der Waals surface area contributed by atoms with Crippen LogP contribution >= 0.6 is 0 Å². The monoisotopic (exact) mass is 429 g/mol. The Morgan fingerprint density at radius 2 is 1.27 bits per heavy atom. The number of aryl methyl sites for hydroxylation is 1. The van der Waals surface area contributed by atoms with Gasteiger partial charge in [-0.05, 0) is 42.3 Å². The summed E-state index contributed by atoms with van der Waals surface area (Å²) in [6, 6.07) is 33.4. The lowest BCUT2D eigenvalue weighted by Gasteiger charge is -2.12. The van der Waals surface area contributed by atoms with Gasteiger partial charge in [-0.25, -0.2) is 9.97 Å². The lowest BCUT2D eigenvalue weighted by Crippen LogP contribution is -2.12. The lowest BCUT2D eigenvalue weighted by molar-refractivity contribution is 0.102. The summed E-state index contributed by atoms with van der Waals surface area (Å²) < 4.78 is 0. The minimum absolute atomic E-state index is 0.170. The zero-order chi connectivity index (χ0) is 22.6. The summed E-state index contributed by atoms with van der Waals surface area (Å²) >= 11 is 0. The Bertz CT molecular complexity index is 1410. The second kappa shape index (κ2) is 9.05. The smallest absolute Gasteiger partial charge is 0.255 e. The zero-order valence-corrected chi connectivity index (χ0v) is 18.3. The van der Waals surface area contributed by atoms with Gasteiger partial charge in [-0.15, -0.1) is 0 Å². The number of amides is 1.